The quantitative estimate of drug-likeness (QED) is 0.791. The van der Waals surface area contributed by atoms with Gasteiger partial charge in [-0.3, -0.25) is 9.59 Å². The minimum atomic E-state index is -0.643. The van der Waals surface area contributed by atoms with E-state index in [1.165, 1.54) is 0 Å². The molecule has 0 aliphatic carbocycles. The van der Waals surface area contributed by atoms with Crippen molar-refractivity contribution in [3.8, 4) is 0 Å². The largest absolute Gasteiger partial charge is 0.369 e. The van der Waals surface area contributed by atoms with Crippen molar-refractivity contribution in [1.82, 2.24) is 10.2 Å². The van der Waals surface area contributed by atoms with Crippen LogP contribution in [0.5, 0.6) is 0 Å². The number of benzene rings is 2. The molecule has 0 spiro atoms. The monoisotopic (exact) mass is 366 g/mol. The molecule has 0 aromatic heterocycles. The molecule has 1 saturated heterocycles. The fraction of sp³-hybridized carbons (Fsp3) is 0.333. The van der Waals surface area contributed by atoms with Crippen molar-refractivity contribution >= 4 is 23.2 Å². The summed E-state index contributed by atoms with van der Waals surface area (Å²) >= 11 is 0. The van der Waals surface area contributed by atoms with Crippen LogP contribution in [0.1, 0.15) is 5.56 Å². The van der Waals surface area contributed by atoms with Crippen LogP contribution >= 0.6 is 0 Å². The highest BCUT2D eigenvalue weighted by Gasteiger charge is 2.15. The highest BCUT2D eigenvalue weighted by Crippen LogP contribution is 2.19. The first kappa shape index (κ1) is 18.9. The zero-order valence-electron chi connectivity index (χ0n) is 15.6. The fourth-order valence-electron chi connectivity index (χ4n) is 3.05. The van der Waals surface area contributed by atoms with Gasteiger partial charge in [-0.25, -0.2) is 0 Å². The van der Waals surface area contributed by atoms with Gasteiger partial charge in [0, 0.05) is 44.1 Å². The van der Waals surface area contributed by atoms with Gasteiger partial charge in [0.05, 0.1) is 0 Å². The third-order valence-electron chi connectivity index (χ3n) is 4.74. The summed E-state index contributed by atoms with van der Waals surface area (Å²) in [5, 5.41) is 5.30. The fourth-order valence-corrected chi connectivity index (χ4v) is 3.05. The van der Waals surface area contributed by atoms with Crippen LogP contribution in [0.15, 0.2) is 54.6 Å². The molecule has 0 atom stereocenters. The number of likely N-dealkylation sites (N-methyl/N-ethyl adjacent to an activating group) is 1. The van der Waals surface area contributed by atoms with Crippen molar-refractivity contribution in [2.75, 3.05) is 50.0 Å². The predicted octanol–water partition coefficient (Wildman–Crippen LogP) is 1.74. The maximum absolute atomic E-state index is 12.0. The minimum Gasteiger partial charge on any atom is -0.369 e. The van der Waals surface area contributed by atoms with E-state index in [2.05, 4.69) is 27.5 Å². The maximum atomic E-state index is 12.0. The Hall–Kier alpha value is -2.86. The predicted molar refractivity (Wildman–Crippen MR) is 108 cm³/mol. The van der Waals surface area contributed by atoms with E-state index >= 15 is 0 Å². The summed E-state index contributed by atoms with van der Waals surface area (Å²) in [4.78, 5) is 28.6. The van der Waals surface area contributed by atoms with Crippen molar-refractivity contribution in [2.24, 2.45) is 0 Å². The molecular formula is C21H26N4O2. The number of hydrogen-bond donors (Lipinski definition) is 2. The van der Waals surface area contributed by atoms with Crippen LogP contribution in [0.25, 0.3) is 0 Å². The highest BCUT2D eigenvalue weighted by atomic mass is 16.2. The molecule has 1 aliphatic rings. The summed E-state index contributed by atoms with van der Waals surface area (Å²) < 4.78 is 0. The van der Waals surface area contributed by atoms with Crippen LogP contribution in [0.4, 0.5) is 11.4 Å². The third kappa shape index (κ3) is 5.56. The van der Waals surface area contributed by atoms with Crippen LogP contribution < -0.4 is 15.5 Å². The molecule has 1 heterocycles. The number of piperazine rings is 1. The average molecular weight is 366 g/mol. The first-order valence-electron chi connectivity index (χ1n) is 9.28. The molecule has 6 nitrogen and oxygen atoms in total. The lowest BCUT2D eigenvalue weighted by molar-refractivity contribution is -0.136. The molecule has 0 unspecified atom stereocenters. The molecule has 0 saturated carbocycles. The Morgan fingerprint density at radius 1 is 0.889 bits per heavy atom. The normalized spacial score (nSPS) is 14.6. The lowest BCUT2D eigenvalue weighted by atomic mass is 10.1. The van der Waals surface area contributed by atoms with Gasteiger partial charge in [-0.1, -0.05) is 30.3 Å². The maximum Gasteiger partial charge on any atom is 0.313 e. The smallest absolute Gasteiger partial charge is 0.313 e. The van der Waals surface area contributed by atoms with Gasteiger partial charge in [0.15, 0.2) is 0 Å². The lowest BCUT2D eigenvalue weighted by Gasteiger charge is -2.34. The van der Waals surface area contributed by atoms with Crippen LogP contribution in [-0.4, -0.2) is 56.5 Å². The lowest BCUT2D eigenvalue weighted by Crippen LogP contribution is -2.44. The summed E-state index contributed by atoms with van der Waals surface area (Å²) in [6.07, 6.45) is 0.694. The zero-order valence-corrected chi connectivity index (χ0v) is 15.6. The molecular weight excluding hydrogens is 340 g/mol. The molecule has 3 rings (SSSR count). The van der Waals surface area contributed by atoms with Crippen LogP contribution in [0.3, 0.4) is 0 Å². The van der Waals surface area contributed by atoms with Crippen LogP contribution in [-0.2, 0) is 16.0 Å². The Bertz CT molecular complexity index is 754. The Morgan fingerprint density at radius 3 is 2.22 bits per heavy atom. The van der Waals surface area contributed by atoms with Gasteiger partial charge in [0.1, 0.15) is 0 Å². The molecule has 1 fully saturated rings. The number of carbonyl (C=O) groups excluding carboxylic acids is 2. The van der Waals surface area contributed by atoms with Gasteiger partial charge in [-0.2, -0.15) is 0 Å². The average Bonchev–Trinajstić information content (AvgIpc) is 2.70. The summed E-state index contributed by atoms with van der Waals surface area (Å²) in [5.74, 6) is -1.26. The second-order valence-electron chi connectivity index (χ2n) is 6.78. The molecule has 2 aromatic rings. The van der Waals surface area contributed by atoms with Crippen molar-refractivity contribution in [1.29, 1.82) is 0 Å². The molecule has 27 heavy (non-hydrogen) atoms. The minimum absolute atomic E-state index is 0.429. The van der Waals surface area contributed by atoms with E-state index in [1.807, 2.05) is 54.6 Å². The van der Waals surface area contributed by atoms with Crippen molar-refractivity contribution in [3.05, 3.63) is 60.2 Å². The molecule has 2 N–H and O–H groups in total. The molecule has 6 heteroatoms. The van der Waals surface area contributed by atoms with Gasteiger partial charge < -0.3 is 20.4 Å². The summed E-state index contributed by atoms with van der Waals surface area (Å²) in [6, 6.07) is 17.5. The summed E-state index contributed by atoms with van der Waals surface area (Å²) in [6.45, 7) is 4.50. The zero-order chi connectivity index (χ0) is 19.1. The molecule has 0 bridgehead atoms. The van der Waals surface area contributed by atoms with E-state index in [1.54, 1.807) is 0 Å². The van der Waals surface area contributed by atoms with Crippen molar-refractivity contribution in [2.45, 2.75) is 6.42 Å². The first-order valence-corrected chi connectivity index (χ1v) is 9.28. The van der Waals surface area contributed by atoms with Crippen LogP contribution in [0, 0.1) is 0 Å². The van der Waals surface area contributed by atoms with E-state index in [0.29, 0.717) is 18.7 Å². The molecule has 1 aliphatic heterocycles. The highest BCUT2D eigenvalue weighted by molar-refractivity contribution is 6.39. The van der Waals surface area contributed by atoms with Crippen molar-refractivity contribution in [3.63, 3.8) is 0 Å². The van der Waals surface area contributed by atoms with Gasteiger partial charge >= 0.3 is 11.8 Å². The van der Waals surface area contributed by atoms with E-state index < -0.39 is 11.8 Å². The Labute approximate surface area is 160 Å². The van der Waals surface area contributed by atoms with Crippen molar-refractivity contribution < 1.29 is 9.59 Å². The summed E-state index contributed by atoms with van der Waals surface area (Å²) in [7, 11) is 2.13. The Balaban J connectivity index is 1.45. The topological polar surface area (TPSA) is 64.7 Å². The number of rotatable bonds is 5. The summed E-state index contributed by atoms with van der Waals surface area (Å²) in [5.41, 5.74) is 2.88. The number of anilines is 2. The number of nitrogens with zero attached hydrogens (tertiary/aromatic N) is 2. The molecule has 142 valence electrons. The van der Waals surface area contributed by atoms with Gasteiger partial charge in [-0.15, -0.1) is 0 Å². The molecule has 2 aromatic carbocycles. The second-order valence-corrected chi connectivity index (χ2v) is 6.78. The second kappa shape index (κ2) is 9.19. The van der Waals surface area contributed by atoms with E-state index in [0.717, 1.165) is 37.4 Å². The van der Waals surface area contributed by atoms with Gasteiger partial charge in [0.25, 0.3) is 0 Å². The number of hydrogen-bond acceptors (Lipinski definition) is 4. The van der Waals surface area contributed by atoms with Crippen LogP contribution in [0.2, 0.25) is 0 Å². The van der Waals surface area contributed by atoms with E-state index in [4.69, 9.17) is 0 Å². The first-order chi connectivity index (χ1) is 13.1. The number of carbonyl (C=O) groups is 2. The standard InChI is InChI=1S/C21H26N4O2/c1-24-13-15-25(16-14-24)19-9-7-18(8-10-19)23-21(27)20(26)22-12-11-17-5-3-2-4-6-17/h2-10H,11-16H2,1H3,(H,22,26)(H,23,27). The van der Waals surface area contributed by atoms with E-state index in [-0.39, 0.29) is 0 Å². The molecule has 0 radical (unpaired) electrons. The van der Waals surface area contributed by atoms with Gasteiger partial charge in [-0.05, 0) is 43.3 Å². The number of nitrogens with one attached hydrogen (secondary N) is 2. The SMILES string of the molecule is CN1CCN(c2ccc(NC(=O)C(=O)NCCc3ccccc3)cc2)CC1. The number of amides is 2. The Morgan fingerprint density at radius 2 is 1.56 bits per heavy atom. The molecule has 2 amide bonds. The third-order valence-corrected chi connectivity index (χ3v) is 4.74. The Kier molecular flexibility index (Phi) is 6.44. The van der Waals surface area contributed by atoms with E-state index in [9.17, 15) is 9.59 Å². The van der Waals surface area contributed by atoms with Gasteiger partial charge in [0.2, 0.25) is 0 Å².